The van der Waals surface area contributed by atoms with Crippen molar-refractivity contribution >= 4 is 0 Å². The molecule has 1 aromatic heterocycles. The molecule has 0 atom stereocenters. The first-order valence-corrected chi connectivity index (χ1v) is 6.23. The second-order valence-corrected chi connectivity index (χ2v) is 4.62. The smallest absolute Gasteiger partial charge is 0.130 e. The predicted molar refractivity (Wildman–Crippen MR) is 71.1 cm³/mol. The number of aromatic nitrogens is 2. The molecule has 0 amide bonds. The van der Waals surface area contributed by atoms with Crippen molar-refractivity contribution < 1.29 is 0 Å². The van der Waals surface area contributed by atoms with Crippen LogP contribution in [0.25, 0.3) is 0 Å². The molecule has 0 fully saturated rings. The zero-order chi connectivity index (χ0) is 12.8. The standard InChI is InChI=1S/C13H24N4/c1-6-14-9-12-10(2)15-13(16-11(12)3)7-8-17(4)5/h14H,6-9H2,1-5H3. The van der Waals surface area contributed by atoms with Gasteiger partial charge in [0.15, 0.2) is 0 Å². The van der Waals surface area contributed by atoms with Crippen LogP contribution in [-0.2, 0) is 13.0 Å². The quantitative estimate of drug-likeness (QED) is 0.808. The van der Waals surface area contributed by atoms with E-state index in [1.54, 1.807) is 0 Å². The Kier molecular flexibility index (Phi) is 5.51. The molecule has 1 heterocycles. The van der Waals surface area contributed by atoms with Gasteiger partial charge in [0.1, 0.15) is 5.82 Å². The highest BCUT2D eigenvalue weighted by Crippen LogP contribution is 2.10. The Labute approximate surface area is 104 Å². The summed E-state index contributed by atoms with van der Waals surface area (Å²) in [5.74, 6) is 0.953. The minimum atomic E-state index is 0.863. The van der Waals surface area contributed by atoms with Gasteiger partial charge in [-0.3, -0.25) is 0 Å². The molecule has 0 saturated heterocycles. The lowest BCUT2D eigenvalue weighted by Crippen LogP contribution is -2.19. The Morgan fingerprint density at radius 1 is 1.12 bits per heavy atom. The fourth-order valence-electron chi connectivity index (χ4n) is 1.75. The largest absolute Gasteiger partial charge is 0.313 e. The minimum absolute atomic E-state index is 0.863. The molecule has 96 valence electrons. The molecule has 4 nitrogen and oxygen atoms in total. The van der Waals surface area contributed by atoms with Crippen LogP contribution in [-0.4, -0.2) is 42.1 Å². The Hall–Kier alpha value is -1.00. The van der Waals surface area contributed by atoms with Gasteiger partial charge in [0.05, 0.1) is 0 Å². The van der Waals surface area contributed by atoms with Crippen LogP contribution < -0.4 is 5.32 Å². The molecule has 1 N–H and O–H groups in total. The van der Waals surface area contributed by atoms with Crippen molar-refractivity contribution in [1.29, 1.82) is 0 Å². The van der Waals surface area contributed by atoms with Gasteiger partial charge < -0.3 is 10.2 Å². The number of rotatable bonds is 6. The van der Waals surface area contributed by atoms with Crippen molar-refractivity contribution in [2.75, 3.05) is 27.2 Å². The van der Waals surface area contributed by atoms with Gasteiger partial charge in [-0.15, -0.1) is 0 Å². The number of nitrogens with zero attached hydrogens (tertiary/aromatic N) is 3. The second-order valence-electron chi connectivity index (χ2n) is 4.62. The number of nitrogens with one attached hydrogen (secondary N) is 1. The summed E-state index contributed by atoms with van der Waals surface area (Å²) in [4.78, 5) is 11.3. The normalized spacial score (nSPS) is 11.2. The summed E-state index contributed by atoms with van der Waals surface area (Å²) >= 11 is 0. The van der Waals surface area contributed by atoms with Crippen molar-refractivity contribution in [1.82, 2.24) is 20.2 Å². The molecular formula is C13H24N4. The SMILES string of the molecule is CCNCc1c(C)nc(CCN(C)C)nc1C. The molecule has 1 aromatic rings. The summed E-state index contributed by atoms with van der Waals surface area (Å²) in [6.45, 7) is 9.08. The van der Waals surface area contributed by atoms with Crippen molar-refractivity contribution in [2.24, 2.45) is 0 Å². The Morgan fingerprint density at radius 3 is 2.18 bits per heavy atom. The molecule has 0 unspecified atom stereocenters. The summed E-state index contributed by atoms with van der Waals surface area (Å²) in [7, 11) is 4.14. The van der Waals surface area contributed by atoms with Crippen LogP contribution in [0, 0.1) is 13.8 Å². The number of hydrogen-bond acceptors (Lipinski definition) is 4. The summed E-state index contributed by atoms with van der Waals surface area (Å²) < 4.78 is 0. The van der Waals surface area contributed by atoms with Crippen LogP contribution in [0.15, 0.2) is 0 Å². The van der Waals surface area contributed by atoms with E-state index < -0.39 is 0 Å². The third-order valence-electron chi connectivity index (χ3n) is 2.80. The molecule has 0 radical (unpaired) electrons. The Bertz CT molecular complexity index is 337. The van der Waals surface area contributed by atoms with Crippen molar-refractivity contribution in [3.63, 3.8) is 0 Å². The van der Waals surface area contributed by atoms with Crippen LogP contribution in [0.2, 0.25) is 0 Å². The van der Waals surface area contributed by atoms with Crippen LogP contribution in [0.1, 0.15) is 29.7 Å². The molecule has 0 aromatic carbocycles. The van der Waals surface area contributed by atoms with Gasteiger partial charge in [0, 0.05) is 36.5 Å². The van der Waals surface area contributed by atoms with Crippen molar-refractivity contribution in [2.45, 2.75) is 33.7 Å². The molecule has 17 heavy (non-hydrogen) atoms. The van der Waals surface area contributed by atoms with Gasteiger partial charge >= 0.3 is 0 Å². The van der Waals surface area contributed by atoms with Crippen LogP contribution in [0.4, 0.5) is 0 Å². The van der Waals surface area contributed by atoms with Gasteiger partial charge in [-0.25, -0.2) is 9.97 Å². The first-order chi connectivity index (χ1) is 8.04. The van der Waals surface area contributed by atoms with E-state index in [1.165, 1.54) is 5.56 Å². The Morgan fingerprint density at radius 2 is 1.71 bits per heavy atom. The maximum atomic E-state index is 4.58. The van der Waals surface area contributed by atoms with Crippen LogP contribution >= 0.6 is 0 Å². The minimum Gasteiger partial charge on any atom is -0.313 e. The summed E-state index contributed by atoms with van der Waals surface area (Å²) in [5, 5.41) is 3.33. The van der Waals surface area contributed by atoms with E-state index in [4.69, 9.17) is 0 Å². The fourth-order valence-corrected chi connectivity index (χ4v) is 1.75. The summed E-state index contributed by atoms with van der Waals surface area (Å²) in [6.07, 6.45) is 0.913. The topological polar surface area (TPSA) is 41.1 Å². The van der Waals surface area contributed by atoms with E-state index >= 15 is 0 Å². The zero-order valence-electron chi connectivity index (χ0n) is 11.7. The fraction of sp³-hybridized carbons (Fsp3) is 0.692. The van der Waals surface area contributed by atoms with Crippen LogP contribution in [0.5, 0.6) is 0 Å². The number of aryl methyl sites for hydroxylation is 2. The monoisotopic (exact) mass is 236 g/mol. The lowest BCUT2D eigenvalue weighted by Gasteiger charge is -2.13. The Balaban J connectivity index is 2.78. The highest BCUT2D eigenvalue weighted by atomic mass is 15.1. The van der Waals surface area contributed by atoms with E-state index in [2.05, 4.69) is 55.1 Å². The van der Waals surface area contributed by atoms with E-state index in [0.29, 0.717) is 0 Å². The van der Waals surface area contributed by atoms with Crippen molar-refractivity contribution in [3.8, 4) is 0 Å². The molecule has 0 aliphatic heterocycles. The van der Waals surface area contributed by atoms with Crippen molar-refractivity contribution in [3.05, 3.63) is 22.8 Å². The molecule has 0 aliphatic carbocycles. The predicted octanol–water partition coefficient (Wildman–Crippen LogP) is 1.31. The summed E-state index contributed by atoms with van der Waals surface area (Å²) in [5.41, 5.74) is 3.44. The van der Waals surface area contributed by atoms with E-state index in [1.807, 2.05) is 0 Å². The number of likely N-dealkylation sites (N-methyl/N-ethyl adjacent to an activating group) is 1. The lowest BCUT2D eigenvalue weighted by molar-refractivity contribution is 0.409. The van der Waals surface area contributed by atoms with Gasteiger partial charge in [-0.1, -0.05) is 6.92 Å². The van der Waals surface area contributed by atoms with Gasteiger partial charge in [0.25, 0.3) is 0 Å². The van der Waals surface area contributed by atoms with E-state index in [-0.39, 0.29) is 0 Å². The van der Waals surface area contributed by atoms with Crippen LogP contribution in [0.3, 0.4) is 0 Å². The molecule has 0 aliphatic rings. The van der Waals surface area contributed by atoms with Gasteiger partial charge in [-0.2, -0.15) is 0 Å². The highest BCUT2D eigenvalue weighted by molar-refractivity contribution is 5.24. The molecule has 4 heteroatoms. The third kappa shape index (κ3) is 4.40. The molecular weight excluding hydrogens is 212 g/mol. The third-order valence-corrected chi connectivity index (χ3v) is 2.80. The highest BCUT2D eigenvalue weighted by Gasteiger charge is 2.08. The first-order valence-electron chi connectivity index (χ1n) is 6.23. The molecule has 1 rings (SSSR count). The average molecular weight is 236 g/mol. The molecule has 0 spiro atoms. The van der Waals surface area contributed by atoms with Gasteiger partial charge in [-0.05, 0) is 34.5 Å². The molecule has 0 bridgehead atoms. The zero-order valence-corrected chi connectivity index (χ0v) is 11.7. The van der Waals surface area contributed by atoms with E-state index in [9.17, 15) is 0 Å². The average Bonchev–Trinajstić information content (AvgIpc) is 2.25. The molecule has 0 saturated carbocycles. The summed E-state index contributed by atoms with van der Waals surface area (Å²) in [6, 6.07) is 0. The number of hydrogen-bond donors (Lipinski definition) is 1. The van der Waals surface area contributed by atoms with Gasteiger partial charge in [0.2, 0.25) is 0 Å². The second kappa shape index (κ2) is 6.67. The van der Waals surface area contributed by atoms with E-state index in [0.717, 1.165) is 43.3 Å². The maximum absolute atomic E-state index is 4.58. The maximum Gasteiger partial charge on any atom is 0.130 e. The first kappa shape index (κ1) is 14.1. The lowest BCUT2D eigenvalue weighted by atomic mass is 10.1.